The van der Waals surface area contributed by atoms with Crippen molar-refractivity contribution in [3.63, 3.8) is 0 Å². The Morgan fingerprint density at radius 2 is 1.69 bits per heavy atom. The Bertz CT molecular complexity index is 1330. The molecule has 0 atom stereocenters. The fraction of sp³-hybridized carbons (Fsp3) is 0.458. The third kappa shape index (κ3) is 5.42. The highest BCUT2D eigenvalue weighted by atomic mass is 16.6. The SMILES string of the molecule is CCCCn1c(=O)[nH]c2nc(-c3ccc(OCC(=O)N4CCN(C(=O)OCC)CC4)cc3)[nH]c2c1=O. The van der Waals surface area contributed by atoms with Crippen LogP contribution in [0.4, 0.5) is 4.79 Å². The zero-order valence-corrected chi connectivity index (χ0v) is 20.4. The molecule has 1 aromatic carbocycles. The third-order valence-electron chi connectivity index (χ3n) is 6.02. The van der Waals surface area contributed by atoms with Crippen molar-refractivity contribution in [3.8, 4) is 17.1 Å². The highest BCUT2D eigenvalue weighted by Crippen LogP contribution is 2.21. The van der Waals surface area contributed by atoms with Crippen molar-refractivity contribution in [1.29, 1.82) is 0 Å². The van der Waals surface area contributed by atoms with Crippen LogP contribution in [0.2, 0.25) is 0 Å². The Kier molecular flexibility index (Phi) is 7.71. The van der Waals surface area contributed by atoms with E-state index in [0.29, 0.717) is 56.5 Å². The number of carbonyl (C=O) groups is 2. The van der Waals surface area contributed by atoms with Crippen LogP contribution in [-0.2, 0) is 16.1 Å². The number of rotatable bonds is 8. The normalized spacial score (nSPS) is 13.7. The first kappa shape index (κ1) is 25.0. The summed E-state index contributed by atoms with van der Waals surface area (Å²) in [4.78, 5) is 62.5. The molecule has 0 saturated carbocycles. The van der Waals surface area contributed by atoms with Gasteiger partial charge in [0.2, 0.25) is 0 Å². The van der Waals surface area contributed by atoms with E-state index in [-0.39, 0.29) is 29.8 Å². The number of benzene rings is 1. The van der Waals surface area contributed by atoms with Crippen molar-refractivity contribution in [2.45, 2.75) is 33.2 Å². The number of hydrogen-bond acceptors (Lipinski definition) is 7. The van der Waals surface area contributed by atoms with Crippen LogP contribution < -0.4 is 16.0 Å². The number of fused-ring (bicyclic) bond motifs is 1. The van der Waals surface area contributed by atoms with Gasteiger partial charge in [-0.3, -0.25) is 19.1 Å². The van der Waals surface area contributed by atoms with E-state index in [1.165, 1.54) is 4.57 Å². The average molecular weight is 499 g/mol. The summed E-state index contributed by atoms with van der Waals surface area (Å²) >= 11 is 0. The molecular formula is C24H30N6O6. The van der Waals surface area contributed by atoms with Gasteiger partial charge in [0.15, 0.2) is 12.3 Å². The summed E-state index contributed by atoms with van der Waals surface area (Å²) in [5.74, 6) is 0.778. The monoisotopic (exact) mass is 498 g/mol. The third-order valence-corrected chi connectivity index (χ3v) is 6.02. The van der Waals surface area contributed by atoms with E-state index < -0.39 is 11.2 Å². The van der Waals surface area contributed by atoms with E-state index in [1.807, 2.05) is 6.92 Å². The number of unbranched alkanes of at least 4 members (excludes halogenated alkanes) is 1. The highest BCUT2D eigenvalue weighted by Gasteiger charge is 2.25. The van der Waals surface area contributed by atoms with E-state index in [4.69, 9.17) is 9.47 Å². The van der Waals surface area contributed by atoms with E-state index in [2.05, 4.69) is 15.0 Å². The lowest BCUT2D eigenvalue weighted by Crippen LogP contribution is -2.51. The second kappa shape index (κ2) is 11.1. The summed E-state index contributed by atoms with van der Waals surface area (Å²) in [6, 6.07) is 6.92. The summed E-state index contributed by atoms with van der Waals surface area (Å²) in [5, 5.41) is 0. The molecular weight excluding hydrogens is 468 g/mol. The number of H-pyrrole nitrogens is 2. The van der Waals surface area contributed by atoms with Crippen LogP contribution in [0.15, 0.2) is 33.9 Å². The number of hydrogen-bond donors (Lipinski definition) is 2. The molecule has 1 aliphatic heterocycles. The van der Waals surface area contributed by atoms with E-state index >= 15 is 0 Å². The van der Waals surface area contributed by atoms with Gasteiger partial charge in [-0.25, -0.2) is 14.6 Å². The Morgan fingerprint density at radius 1 is 1.00 bits per heavy atom. The van der Waals surface area contributed by atoms with Gasteiger partial charge in [0.1, 0.15) is 17.1 Å². The Labute approximate surface area is 206 Å². The molecule has 0 spiro atoms. The molecule has 1 aliphatic rings. The smallest absolute Gasteiger partial charge is 0.409 e. The first-order valence-corrected chi connectivity index (χ1v) is 12.1. The lowest BCUT2D eigenvalue weighted by Gasteiger charge is -2.33. The van der Waals surface area contributed by atoms with Crippen LogP contribution in [0.1, 0.15) is 26.7 Å². The molecule has 12 nitrogen and oxygen atoms in total. The quantitative estimate of drug-likeness (QED) is 0.480. The summed E-state index contributed by atoms with van der Waals surface area (Å²) < 4.78 is 11.8. The second-order valence-corrected chi connectivity index (χ2v) is 8.43. The first-order chi connectivity index (χ1) is 17.4. The highest BCUT2D eigenvalue weighted by molar-refractivity contribution is 5.78. The van der Waals surface area contributed by atoms with Gasteiger partial charge in [0.05, 0.1) is 6.61 Å². The van der Waals surface area contributed by atoms with Crippen molar-refractivity contribution in [1.82, 2.24) is 29.3 Å². The molecule has 192 valence electrons. The van der Waals surface area contributed by atoms with Crippen LogP contribution in [-0.4, -0.2) is 80.7 Å². The van der Waals surface area contributed by atoms with Gasteiger partial charge in [-0.1, -0.05) is 13.3 Å². The summed E-state index contributed by atoms with van der Waals surface area (Å²) in [6.07, 6.45) is 1.23. The lowest BCUT2D eigenvalue weighted by atomic mass is 10.2. The minimum atomic E-state index is -0.477. The van der Waals surface area contributed by atoms with Crippen molar-refractivity contribution in [2.75, 3.05) is 39.4 Å². The fourth-order valence-corrected chi connectivity index (χ4v) is 3.97. The Morgan fingerprint density at radius 3 is 2.36 bits per heavy atom. The predicted octanol–water partition coefficient (Wildman–Crippen LogP) is 1.56. The number of imidazole rings is 1. The second-order valence-electron chi connectivity index (χ2n) is 8.43. The van der Waals surface area contributed by atoms with Gasteiger partial charge in [-0.05, 0) is 37.6 Å². The fourth-order valence-electron chi connectivity index (χ4n) is 3.97. The molecule has 12 heteroatoms. The standard InChI is InChI=1S/C24H30N6O6/c1-3-5-10-30-22(32)19-21(27-23(30)33)26-20(25-19)16-6-8-17(9-7-16)36-15-18(31)28-11-13-29(14-12-28)24(34)35-4-2/h6-9H,3-5,10-15H2,1-2H3,(H,25,26)(H,27,33). The maximum atomic E-state index is 12.7. The Balaban J connectivity index is 1.36. The number of nitrogens with one attached hydrogen (secondary N) is 2. The molecule has 3 heterocycles. The number of nitrogens with zero attached hydrogens (tertiary/aromatic N) is 4. The maximum absolute atomic E-state index is 12.7. The predicted molar refractivity (Wildman–Crippen MR) is 132 cm³/mol. The number of ether oxygens (including phenoxy) is 2. The largest absolute Gasteiger partial charge is 0.484 e. The van der Waals surface area contributed by atoms with Crippen LogP contribution in [0, 0.1) is 0 Å². The molecule has 2 N–H and O–H groups in total. The van der Waals surface area contributed by atoms with Gasteiger partial charge in [0, 0.05) is 38.3 Å². The van der Waals surface area contributed by atoms with Crippen molar-refractivity contribution in [3.05, 3.63) is 45.1 Å². The van der Waals surface area contributed by atoms with Crippen LogP contribution in [0.25, 0.3) is 22.6 Å². The van der Waals surface area contributed by atoms with Crippen LogP contribution >= 0.6 is 0 Å². The molecule has 4 rings (SSSR count). The molecule has 36 heavy (non-hydrogen) atoms. The van der Waals surface area contributed by atoms with Crippen molar-refractivity contribution >= 4 is 23.2 Å². The van der Waals surface area contributed by atoms with Gasteiger partial charge < -0.3 is 24.3 Å². The van der Waals surface area contributed by atoms with E-state index in [1.54, 1.807) is 41.0 Å². The number of aromatic amines is 2. The lowest BCUT2D eigenvalue weighted by molar-refractivity contribution is -0.134. The van der Waals surface area contributed by atoms with Gasteiger partial charge in [-0.15, -0.1) is 0 Å². The molecule has 0 unspecified atom stereocenters. The molecule has 0 aliphatic carbocycles. The number of aromatic nitrogens is 4. The molecule has 0 radical (unpaired) electrons. The minimum absolute atomic E-state index is 0.123. The molecule has 3 aromatic rings. The zero-order valence-electron chi connectivity index (χ0n) is 20.4. The average Bonchev–Trinajstić information content (AvgIpc) is 3.32. The first-order valence-electron chi connectivity index (χ1n) is 12.1. The van der Waals surface area contributed by atoms with Gasteiger partial charge in [0.25, 0.3) is 11.5 Å². The topological polar surface area (TPSA) is 143 Å². The number of piperazine rings is 1. The van der Waals surface area contributed by atoms with Crippen LogP contribution in [0.5, 0.6) is 5.75 Å². The van der Waals surface area contributed by atoms with Gasteiger partial charge in [-0.2, -0.15) is 0 Å². The summed E-state index contributed by atoms with van der Waals surface area (Å²) in [6.45, 7) is 5.98. The number of amides is 2. The van der Waals surface area contributed by atoms with E-state index in [9.17, 15) is 19.2 Å². The summed E-state index contributed by atoms with van der Waals surface area (Å²) in [7, 11) is 0. The number of carbonyl (C=O) groups excluding carboxylic acids is 2. The molecule has 2 amide bonds. The van der Waals surface area contributed by atoms with E-state index in [0.717, 1.165) is 12.8 Å². The maximum Gasteiger partial charge on any atom is 0.409 e. The Hall–Kier alpha value is -4.09. The van der Waals surface area contributed by atoms with Gasteiger partial charge >= 0.3 is 11.8 Å². The zero-order chi connectivity index (χ0) is 25.7. The molecule has 0 bridgehead atoms. The van der Waals surface area contributed by atoms with Crippen LogP contribution in [0.3, 0.4) is 0 Å². The molecule has 2 aromatic heterocycles. The minimum Gasteiger partial charge on any atom is -0.484 e. The molecule has 1 fully saturated rings. The van der Waals surface area contributed by atoms with Crippen molar-refractivity contribution < 1.29 is 19.1 Å². The molecule has 1 saturated heterocycles. The van der Waals surface area contributed by atoms with Crippen molar-refractivity contribution in [2.24, 2.45) is 0 Å². The summed E-state index contributed by atoms with van der Waals surface area (Å²) in [5.41, 5.74) is 0.272.